The summed E-state index contributed by atoms with van der Waals surface area (Å²) in [7, 11) is 0. The van der Waals surface area contributed by atoms with Crippen LogP contribution in [0.1, 0.15) is 45.4 Å². The molecule has 50 heavy (non-hydrogen) atoms. The first-order valence-corrected chi connectivity index (χ1v) is 16.1. The second kappa shape index (κ2) is 15.2. The first kappa shape index (κ1) is 35.0. The molecule has 3 aromatic heterocycles. The second-order valence-corrected chi connectivity index (χ2v) is 12.3. The van der Waals surface area contributed by atoms with Crippen LogP contribution in [0, 0.1) is 6.92 Å². The van der Waals surface area contributed by atoms with Crippen LogP contribution in [0.2, 0.25) is 0 Å². The molecule has 0 radical (unpaired) electrons. The standard InChI is InChI=1S/C33H33N9O7S/c1-16-27(50-33(37-16)40-30(47)18-8-4-3-5-9-18)22-13-25(42-41-22)32(49)36-17(2)29(46)39-24(31(48)38-23(28(34)45)14-26(43)44)12-19-15-35-21-11-7-6-10-20(19)21/h3-11,13,15,17,23-24,35H,12,14H2,1-2H3,(H2,34,45)(H,36,49)(H,38,48)(H,39,46)(H,41,42)(H,43,44)(H,37,40,47)/t17-,23+,24-/m0/s1. The van der Waals surface area contributed by atoms with E-state index in [1.165, 1.54) is 24.3 Å². The van der Waals surface area contributed by atoms with Crippen molar-refractivity contribution in [2.75, 3.05) is 5.32 Å². The van der Waals surface area contributed by atoms with Gasteiger partial charge in [0.15, 0.2) is 10.8 Å². The minimum absolute atomic E-state index is 0.0339. The maximum absolute atomic E-state index is 13.3. The molecule has 0 saturated heterocycles. The maximum Gasteiger partial charge on any atom is 0.305 e. The van der Waals surface area contributed by atoms with Gasteiger partial charge in [0.05, 0.1) is 22.7 Å². The zero-order valence-electron chi connectivity index (χ0n) is 26.8. The summed E-state index contributed by atoms with van der Waals surface area (Å²) in [5, 5.41) is 27.4. The van der Waals surface area contributed by atoms with E-state index in [2.05, 4.69) is 41.4 Å². The Morgan fingerprint density at radius 1 is 0.920 bits per heavy atom. The second-order valence-electron chi connectivity index (χ2n) is 11.3. The minimum Gasteiger partial charge on any atom is -0.481 e. The topological polar surface area (TPSA) is 254 Å². The molecule has 0 bridgehead atoms. The summed E-state index contributed by atoms with van der Waals surface area (Å²) in [5.41, 5.74) is 8.24. The van der Waals surface area contributed by atoms with E-state index in [0.29, 0.717) is 32.5 Å². The van der Waals surface area contributed by atoms with Crippen LogP contribution in [0.3, 0.4) is 0 Å². The Morgan fingerprint density at radius 2 is 1.62 bits per heavy atom. The molecular weight excluding hydrogens is 666 g/mol. The molecule has 0 spiro atoms. The number of aromatic nitrogens is 4. The van der Waals surface area contributed by atoms with Gasteiger partial charge in [0, 0.05) is 29.1 Å². The predicted molar refractivity (Wildman–Crippen MR) is 183 cm³/mol. The number of aromatic amines is 2. The molecule has 0 unspecified atom stereocenters. The lowest BCUT2D eigenvalue weighted by Gasteiger charge is -2.23. The van der Waals surface area contributed by atoms with Gasteiger partial charge in [-0.05, 0) is 43.7 Å². The molecule has 2 aromatic carbocycles. The summed E-state index contributed by atoms with van der Waals surface area (Å²) < 4.78 is 0. The van der Waals surface area contributed by atoms with Crippen molar-refractivity contribution in [3.8, 4) is 10.6 Å². The van der Waals surface area contributed by atoms with Crippen molar-refractivity contribution in [1.82, 2.24) is 36.1 Å². The lowest BCUT2D eigenvalue weighted by molar-refractivity contribution is -0.140. The molecular formula is C33H33N9O7S. The van der Waals surface area contributed by atoms with E-state index < -0.39 is 54.1 Å². The van der Waals surface area contributed by atoms with Gasteiger partial charge in [-0.3, -0.25) is 39.2 Å². The molecule has 5 amide bonds. The van der Waals surface area contributed by atoms with E-state index in [1.54, 1.807) is 49.5 Å². The fourth-order valence-corrected chi connectivity index (χ4v) is 5.97. The average molecular weight is 700 g/mol. The first-order valence-electron chi connectivity index (χ1n) is 15.3. The molecule has 3 atom stereocenters. The number of anilines is 1. The normalized spacial score (nSPS) is 12.8. The molecule has 5 rings (SSSR count). The van der Waals surface area contributed by atoms with E-state index in [4.69, 9.17) is 10.8 Å². The highest BCUT2D eigenvalue weighted by molar-refractivity contribution is 7.19. The number of hydrogen-bond donors (Lipinski definition) is 8. The number of amides is 5. The summed E-state index contributed by atoms with van der Waals surface area (Å²) in [6.07, 6.45) is 0.883. The number of carbonyl (C=O) groups is 6. The molecule has 0 fully saturated rings. The Labute approximate surface area is 288 Å². The van der Waals surface area contributed by atoms with Crippen molar-refractivity contribution in [3.63, 3.8) is 0 Å². The summed E-state index contributed by atoms with van der Waals surface area (Å²) in [6, 6.07) is 13.5. The van der Waals surface area contributed by atoms with Crippen molar-refractivity contribution < 1.29 is 33.9 Å². The van der Waals surface area contributed by atoms with E-state index in [9.17, 15) is 28.8 Å². The van der Waals surface area contributed by atoms with Crippen LogP contribution in [-0.2, 0) is 25.6 Å². The summed E-state index contributed by atoms with van der Waals surface area (Å²) >= 11 is 1.19. The van der Waals surface area contributed by atoms with Crippen LogP contribution in [0.5, 0.6) is 0 Å². The van der Waals surface area contributed by atoms with Gasteiger partial charge in [0.1, 0.15) is 18.1 Å². The van der Waals surface area contributed by atoms with Gasteiger partial charge < -0.3 is 31.8 Å². The van der Waals surface area contributed by atoms with Crippen molar-refractivity contribution in [2.45, 2.75) is 44.8 Å². The number of para-hydroxylation sites is 1. The lowest BCUT2D eigenvalue weighted by atomic mass is 10.0. The smallest absolute Gasteiger partial charge is 0.305 e. The van der Waals surface area contributed by atoms with E-state index in [1.807, 2.05) is 18.2 Å². The highest BCUT2D eigenvalue weighted by Gasteiger charge is 2.30. The maximum atomic E-state index is 13.3. The van der Waals surface area contributed by atoms with E-state index >= 15 is 0 Å². The Hall–Kier alpha value is -6.36. The number of benzene rings is 2. The average Bonchev–Trinajstić information content (AvgIpc) is 3.83. The Bertz CT molecular complexity index is 2070. The number of primary amides is 1. The summed E-state index contributed by atoms with van der Waals surface area (Å²) in [4.78, 5) is 83.5. The molecule has 258 valence electrons. The van der Waals surface area contributed by atoms with Gasteiger partial charge in [0.2, 0.25) is 17.7 Å². The van der Waals surface area contributed by atoms with Crippen LogP contribution < -0.4 is 27.0 Å². The number of carboxylic acids is 1. The number of H-pyrrole nitrogens is 2. The molecule has 0 saturated carbocycles. The molecule has 0 aliphatic carbocycles. The number of carbonyl (C=O) groups excluding carboxylic acids is 5. The first-order chi connectivity index (χ1) is 23.9. The fraction of sp³-hybridized carbons (Fsp3) is 0.212. The van der Waals surface area contributed by atoms with Gasteiger partial charge >= 0.3 is 5.97 Å². The van der Waals surface area contributed by atoms with Crippen LogP contribution >= 0.6 is 11.3 Å². The van der Waals surface area contributed by atoms with Crippen molar-refractivity contribution >= 4 is 62.9 Å². The zero-order chi connectivity index (χ0) is 35.9. The molecule has 16 nitrogen and oxygen atoms in total. The lowest BCUT2D eigenvalue weighted by Crippen LogP contribution is -2.56. The van der Waals surface area contributed by atoms with E-state index in [-0.39, 0.29) is 18.0 Å². The number of nitrogens with zero attached hydrogens (tertiary/aromatic N) is 2. The Kier molecular flexibility index (Phi) is 10.7. The van der Waals surface area contributed by atoms with Gasteiger partial charge in [-0.2, -0.15) is 5.10 Å². The Balaban J connectivity index is 1.26. The molecule has 5 aromatic rings. The summed E-state index contributed by atoms with van der Waals surface area (Å²) in [5.74, 6) is -5.01. The van der Waals surface area contributed by atoms with Crippen molar-refractivity contribution in [1.29, 1.82) is 0 Å². The monoisotopic (exact) mass is 699 g/mol. The quantitative estimate of drug-likeness (QED) is 0.0841. The Morgan fingerprint density at radius 3 is 2.34 bits per heavy atom. The summed E-state index contributed by atoms with van der Waals surface area (Å²) in [6.45, 7) is 3.15. The number of hydrogen-bond acceptors (Lipinski definition) is 9. The number of carboxylic acid groups (broad SMARTS) is 1. The molecule has 9 N–H and O–H groups in total. The fourth-order valence-electron chi connectivity index (χ4n) is 5.05. The van der Waals surface area contributed by atoms with E-state index in [0.717, 1.165) is 10.9 Å². The van der Waals surface area contributed by atoms with Gasteiger partial charge in [-0.15, -0.1) is 0 Å². The number of nitrogens with two attached hydrogens (primary N) is 1. The van der Waals surface area contributed by atoms with Crippen molar-refractivity contribution in [3.05, 3.63) is 89.4 Å². The SMILES string of the molecule is Cc1nc(NC(=O)c2ccccc2)sc1-c1cc(C(=O)N[C@@H](C)C(=O)N[C@@H](Cc2c[nH]c3ccccc23)C(=O)N[C@H](CC(=O)O)C(N)=O)n[nH]1. The van der Waals surface area contributed by atoms with Gasteiger partial charge in [0.25, 0.3) is 11.8 Å². The third kappa shape index (κ3) is 8.37. The molecule has 0 aliphatic heterocycles. The molecule has 3 heterocycles. The minimum atomic E-state index is -1.52. The number of rotatable bonds is 14. The largest absolute Gasteiger partial charge is 0.481 e. The number of thiazole rings is 1. The van der Waals surface area contributed by atoms with Crippen molar-refractivity contribution in [2.24, 2.45) is 5.73 Å². The number of aryl methyl sites for hydroxylation is 1. The van der Waals surface area contributed by atoms with Gasteiger partial charge in [-0.25, -0.2) is 4.98 Å². The molecule has 17 heteroatoms. The highest BCUT2D eigenvalue weighted by atomic mass is 32.1. The number of aliphatic carboxylic acids is 1. The number of fused-ring (bicyclic) bond motifs is 1. The van der Waals surface area contributed by atoms with Crippen LogP contribution in [0.4, 0.5) is 5.13 Å². The van der Waals surface area contributed by atoms with Gasteiger partial charge in [-0.1, -0.05) is 47.7 Å². The highest BCUT2D eigenvalue weighted by Crippen LogP contribution is 2.32. The zero-order valence-corrected chi connectivity index (χ0v) is 27.6. The van der Waals surface area contributed by atoms with Crippen LogP contribution in [0.25, 0.3) is 21.5 Å². The molecule has 0 aliphatic rings. The third-order valence-corrected chi connectivity index (χ3v) is 8.73. The third-order valence-electron chi connectivity index (χ3n) is 7.62. The number of nitrogens with one attached hydrogen (secondary N) is 6. The van der Waals surface area contributed by atoms with Crippen LogP contribution in [-0.4, -0.2) is 78.9 Å². The predicted octanol–water partition coefficient (Wildman–Crippen LogP) is 1.87. The van der Waals surface area contributed by atoms with Crippen LogP contribution in [0.15, 0.2) is 66.9 Å².